The average Bonchev–Trinajstić information content (AvgIpc) is 3.17. The maximum absolute atomic E-state index is 12.3. The fraction of sp³-hybridized carbons (Fsp3) is 0.0952. The molecule has 0 atom stereocenters. The average molecular weight is 408 g/mol. The molecular formula is C21H17N3O2S2. The quantitative estimate of drug-likeness (QED) is 0.278. The number of carbonyl (C=O) groups is 1. The molecule has 0 aliphatic carbocycles. The van der Waals surface area contributed by atoms with Crippen molar-refractivity contribution in [1.29, 1.82) is 0 Å². The molecule has 0 unspecified atom stereocenters. The number of methoxy groups -OCH3 is 1. The molecule has 0 fully saturated rings. The standard InChI is InChI=1S/C21H17N3O2S2/c1-26-15-9-7-13(8-10-15)16-11-27-20-18(16)19(22)23-21(24-20)28-12-17(25)14-5-3-2-4-6-14/h2-11H,12H2,1H3,(H2,22,23,24). The van der Waals surface area contributed by atoms with Gasteiger partial charge in [-0.15, -0.1) is 11.3 Å². The molecule has 0 radical (unpaired) electrons. The minimum absolute atomic E-state index is 0.0398. The minimum atomic E-state index is 0.0398. The molecule has 7 heteroatoms. The number of thiophene rings is 1. The number of ether oxygens (including phenoxy) is 1. The van der Waals surface area contributed by atoms with Gasteiger partial charge in [-0.2, -0.15) is 0 Å². The van der Waals surface area contributed by atoms with Gasteiger partial charge in [0.05, 0.1) is 18.2 Å². The number of anilines is 1. The van der Waals surface area contributed by atoms with Gasteiger partial charge in [-0.1, -0.05) is 54.2 Å². The number of fused-ring (bicyclic) bond motifs is 1. The van der Waals surface area contributed by atoms with E-state index in [0.717, 1.165) is 27.1 Å². The fourth-order valence-corrected chi connectivity index (χ4v) is 4.59. The van der Waals surface area contributed by atoms with E-state index in [1.165, 1.54) is 23.1 Å². The minimum Gasteiger partial charge on any atom is -0.497 e. The van der Waals surface area contributed by atoms with Crippen molar-refractivity contribution in [3.8, 4) is 16.9 Å². The van der Waals surface area contributed by atoms with Crippen molar-refractivity contribution in [2.75, 3.05) is 18.6 Å². The second kappa shape index (κ2) is 8.00. The van der Waals surface area contributed by atoms with Crippen LogP contribution < -0.4 is 10.5 Å². The molecule has 0 aliphatic heterocycles. The molecule has 140 valence electrons. The molecule has 2 aromatic heterocycles. The molecule has 4 rings (SSSR count). The Morgan fingerprint density at radius 1 is 1.11 bits per heavy atom. The largest absolute Gasteiger partial charge is 0.497 e. The van der Waals surface area contributed by atoms with Gasteiger partial charge in [0.2, 0.25) is 0 Å². The first-order chi connectivity index (χ1) is 13.7. The summed E-state index contributed by atoms with van der Waals surface area (Å²) in [5.74, 6) is 1.53. The van der Waals surface area contributed by atoms with Crippen LogP contribution in [0.15, 0.2) is 65.1 Å². The molecule has 0 saturated heterocycles. The molecule has 4 aromatic rings. The number of hydrogen-bond donors (Lipinski definition) is 1. The molecule has 0 aliphatic rings. The third-order valence-electron chi connectivity index (χ3n) is 4.27. The zero-order chi connectivity index (χ0) is 19.5. The first-order valence-corrected chi connectivity index (χ1v) is 10.4. The highest BCUT2D eigenvalue weighted by atomic mass is 32.2. The van der Waals surface area contributed by atoms with E-state index < -0.39 is 0 Å². The van der Waals surface area contributed by atoms with Crippen molar-refractivity contribution in [3.05, 3.63) is 65.5 Å². The molecule has 0 saturated carbocycles. The summed E-state index contributed by atoms with van der Waals surface area (Å²) >= 11 is 2.82. The van der Waals surface area contributed by atoms with E-state index in [2.05, 4.69) is 9.97 Å². The van der Waals surface area contributed by atoms with Crippen molar-refractivity contribution >= 4 is 44.9 Å². The van der Waals surface area contributed by atoms with Gasteiger partial charge in [0, 0.05) is 16.5 Å². The third kappa shape index (κ3) is 3.72. The summed E-state index contributed by atoms with van der Waals surface area (Å²) in [5.41, 5.74) is 8.96. The van der Waals surface area contributed by atoms with E-state index in [-0.39, 0.29) is 11.5 Å². The van der Waals surface area contributed by atoms with Gasteiger partial charge in [0.1, 0.15) is 16.4 Å². The number of nitrogens with two attached hydrogens (primary N) is 1. The molecular weight excluding hydrogens is 390 g/mol. The number of aromatic nitrogens is 2. The summed E-state index contributed by atoms with van der Waals surface area (Å²) in [5, 5.41) is 3.38. The van der Waals surface area contributed by atoms with Crippen LogP contribution in [0.1, 0.15) is 10.4 Å². The van der Waals surface area contributed by atoms with Gasteiger partial charge in [-0.25, -0.2) is 9.97 Å². The number of benzene rings is 2. The normalized spacial score (nSPS) is 10.9. The van der Waals surface area contributed by atoms with Gasteiger partial charge in [-0.05, 0) is 17.7 Å². The molecule has 0 bridgehead atoms. The van der Waals surface area contributed by atoms with Gasteiger partial charge >= 0.3 is 0 Å². The van der Waals surface area contributed by atoms with Crippen LogP contribution >= 0.6 is 23.1 Å². The summed E-state index contributed by atoms with van der Waals surface area (Å²) in [6, 6.07) is 17.0. The summed E-state index contributed by atoms with van der Waals surface area (Å²) in [6.45, 7) is 0. The topological polar surface area (TPSA) is 78.1 Å². The summed E-state index contributed by atoms with van der Waals surface area (Å²) in [4.78, 5) is 22.1. The fourth-order valence-electron chi connectivity index (χ4n) is 2.83. The number of ketones is 1. The van der Waals surface area contributed by atoms with Crippen LogP contribution in [0, 0.1) is 0 Å². The van der Waals surface area contributed by atoms with Crippen molar-refractivity contribution in [2.45, 2.75) is 5.16 Å². The van der Waals surface area contributed by atoms with Gasteiger partial charge in [-0.3, -0.25) is 4.79 Å². The predicted octanol–water partition coefficient (Wildman–Crippen LogP) is 4.92. The smallest absolute Gasteiger partial charge is 0.191 e. The van der Waals surface area contributed by atoms with Crippen LogP contribution in [-0.4, -0.2) is 28.6 Å². The highest BCUT2D eigenvalue weighted by Gasteiger charge is 2.15. The Kier molecular flexibility index (Phi) is 5.27. The van der Waals surface area contributed by atoms with Crippen LogP contribution in [0.3, 0.4) is 0 Å². The second-order valence-corrected chi connectivity index (χ2v) is 7.83. The highest BCUT2D eigenvalue weighted by molar-refractivity contribution is 7.99. The van der Waals surface area contributed by atoms with Gasteiger partial charge in [0.15, 0.2) is 10.9 Å². The Morgan fingerprint density at radius 3 is 2.57 bits per heavy atom. The zero-order valence-corrected chi connectivity index (χ0v) is 16.7. The molecule has 2 N–H and O–H groups in total. The first-order valence-electron chi connectivity index (χ1n) is 8.56. The van der Waals surface area contributed by atoms with Crippen LogP contribution in [0.25, 0.3) is 21.3 Å². The Labute approximate surface area is 170 Å². The lowest BCUT2D eigenvalue weighted by Crippen LogP contribution is -2.03. The zero-order valence-electron chi connectivity index (χ0n) is 15.1. The first kappa shape index (κ1) is 18.5. The maximum atomic E-state index is 12.3. The Bertz CT molecular complexity index is 1130. The van der Waals surface area contributed by atoms with Gasteiger partial charge < -0.3 is 10.5 Å². The number of nitrogen functional groups attached to an aromatic ring is 1. The van der Waals surface area contributed by atoms with Crippen molar-refractivity contribution in [3.63, 3.8) is 0 Å². The van der Waals surface area contributed by atoms with Crippen LogP contribution in [0.2, 0.25) is 0 Å². The van der Waals surface area contributed by atoms with E-state index in [1.54, 1.807) is 7.11 Å². The van der Waals surface area contributed by atoms with E-state index in [4.69, 9.17) is 10.5 Å². The monoisotopic (exact) mass is 407 g/mol. The van der Waals surface area contributed by atoms with Crippen molar-refractivity contribution in [1.82, 2.24) is 9.97 Å². The number of carbonyl (C=O) groups excluding carboxylic acids is 1. The molecule has 2 heterocycles. The Hall–Kier alpha value is -2.90. The van der Waals surface area contributed by atoms with Crippen molar-refractivity contribution < 1.29 is 9.53 Å². The second-order valence-electron chi connectivity index (χ2n) is 6.03. The van der Waals surface area contributed by atoms with Crippen molar-refractivity contribution in [2.24, 2.45) is 0 Å². The molecule has 5 nitrogen and oxygen atoms in total. The lowest BCUT2D eigenvalue weighted by molar-refractivity contribution is 0.102. The number of thioether (sulfide) groups is 1. The number of nitrogens with zero attached hydrogens (tertiary/aromatic N) is 2. The van der Waals surface area contributed by atoms with E-state index in [0.29, 0.717) is 16.5 Å². The lowest BCUT2D eigenvalue weighted by Gasteiger charge is -2.06. The number of Topliss-reactive ketones (excluding diaryl/α,β-unsaturated/α-hetero) is 1. The van der Waals surface area contributed by atoms with E-state index in [9.17, 15) is 4.79 Å². The van der Waals surface area contributed by atoms with Crippen LogP contribution in [0.4, 0.5) is 5.82 Å². The lowest BCUT2D eigenvalue weighted by atomic mass is 10.1. The summed E-state index contributed by atoms with van der Waals surface area (Å²) in [7, 11) is 1.64. The predicted molar refractivity (Wildman–Crippen MR) is 115 cm³/mol. The summed E-state index contributed by atoms with van der Waals surface area (Å²) in [6.07, 6.45) is 0. The maximum Gasteiger partial charge on any atom is 0.191 e. The van der Waals surface area contributed by atoms with Crippen LogP contribution in [-0.2, 0) is 0 Å². The molecule has 2 aromatic carbocycles. The number of hydrogen-bond acceptors (Lipinski definition) is 7. The Morgan fingerprint density at radius 2 is 1.86 bits per heavy atom. The van der Waals surface area contributed by atoms with Gasteiger partial charge in [0.25, 0.3) is 0 Å². The SMILES string of the molecule is COc1ccc(-c2csc3nc(SCC(=O)c4ccccc4)nc(N)c23)cc1. The van der Waals surface area contributed by atoms with E-state index in [1.807, 2.05) is 60.0 Å². The number of rotatable bonds is 6. The summed E-state index contributed by atoms with van der Waals surface area (Å²) < 4.78 is 5.21. The Balaban J connectivity index is 1.58. The molecule has 0 amide bonds. The van der Waals surface area contributed by atoms with E-state index >= 15 is 0 Å². The van der Waals surface area contributed by atoms with Crippen LogP contribution in [0.5, 0.6) is 5.75 Å². The third-order valence-corrected chi connectivity index (χ3v) is 5.99. The molecule has 0 spiro atoms. The highest BCUT2D eigenvalue weighted by Crippen LogP contribution is 2.37. The molecule has 28 heavy (non-hydrogen) atoms.